The summed E-state index contributed by atoms with van der Waals surface area (Å²) in [5.74, 6) is 3.00. The minimum Gasteiger partial charge on any atom is -0.491 e. The van der Waals surface area contributed by atoms with Gasteiger partial charge in [0, 0.05) is 17.4 Å². The lowest BCUT2D eigenvalue weighted by atomic mass is 10.1. The van der Waals surface area contributed by atoms with Crippen molar-refractivity contribution < 1.29 is 9.47 Å². The van der Waals surface area contributed by atoms with Crippen LogP contribution in [0.2, 0.25) is 0 Å². The Morgan fingerprint density at radius 3 is 2.76 bits per heavy atom. The molecule has 0 radical (unpaired) electrons. The van der Waals surface area contributed by atoms with Gasteiger partial charge in [-0.1, -0.05) is 6.07 Å². The molecule has 2 N–H and O–H groups in total. The molecular formula is C26H27N5O2. The van der Waals surface area contributed by atoms with E-state index in [1.807, 2.05) is 62.4 Å². The first-order valence-electron chi connectivity index (χ1n) is 11.2. The van der Waals surface area contributed by atoms with Crippen LogP contribution in [0, 0.1) is 13.8 Å². The number of anilines is 2. The molecule has 5 rings (SSSR count). The maximum Gasteiger partial charge on any atom is 0.145 e. The summed E-state index contributed by atoms with van der Waals surface area (Å²) >= 11 is 0. The lowest BCUT2D eigenvalue weighted by molar-refractivity contribution is 0.280. The van der Waals surface area contributed by atoms with E-state index in [1.54, 1.807) is 12.5 Å². The Morgan fingerprint density at radius 2 is 1.97 bits per heavy atom. The van der Waals surface area contributed by atoms with Gasteiger partial charge in [0.1, 0.15) is 36.0 Å². The number of aryl methyl sites for hydroxylation is 2. The molecular weight excluding hydrogens is 414 g/mol. The van der Waals surface area contributed by atoms with Crippen molar-refractivity contribution in [1.29, 1.82) is 0 Å². The summed E-state index contributed by atoms with van der Waals surface area (Å²) in [4.78, 5) is 13.2. The zero-order valence-corrected chi connectivity index (χ0v) is 18.8. The van der Waals surface area contributed by atoms with Crippen molar-refractivity contribution in [1.82, 2.24) is 20.3 Å². The van der Waals surface area contributed by atoms with Crippen LogP contribution in [-0.4, -0.2) is 34.1 Å². The number of hydrogen-bond donors (Lipinski definition) is 2. The van der Waals surface area contributed by atoms with Gasteiger partial charge in [-0.05, 0) is 81.3 Å². The summed E-state index contributed by atoms with van der Waals surface area (Å²) < 4.78 is 12.2. The Hall–Kier alpha value is -3.71. The molecule has 0 amide bonds. The quantitative estimate of drug-likeness (QED) is 0.402. The molecule has 7 nitrogen and oxygen atoms in total. The molecule has 0 aliphatic carbocycles. The van der Waals surface area contributed by atoms with Crippen molar-refractivity contribution in [2.24, 2.45) is 0 Å². The van der Waals surface area contributed by atoms with E-state index in [0.29, 0.717) is 24.2 Å². The molecule has 1 saturated heterocycles. The smallest absolute Gasteiger partial charge is 0.145 e. The predicted octanol–water partition coefficient (Wildman–Crippen LogP) is 5.31. The van der Waals surface area contributed by atoms with Gasteiger partial charge in [-0.2, -0.15) is 0 Å². The number of rotatable bonds is 7. The van der Waals surface area contributed by atoms with Gasteiger partial charge in [0.05, 0.1) is 17.1 Å². The Labute approximate surface area is 193 Å². The highest BCUT2D eigenvalue weighted by Crippen LogP contribution is 2.33. The van der Waals surface area contributed by atoms with Crippen LogP contribution in [-0.2, 0) is 0 Å². The highest BCUT2D eigenvalue weighted by molar-refractivity contribution is 5.95. The molecule has 3 heterocycles. The highest BCUT2D eigenvalue weighted by Gasteiger charge is 2.17. The summed E-state index contributed by atoms with van der Waals surface area (Å²) in [5, 5.41) is 7.79. The zero-order chi connectivity index (χ0) is 22.6. The van der Waals surface area contributed by atoms with Crippen molar-refractivity contribution in [2.75, 3.05) is 18.5 Å². The largest absolute Gasteiger partial charge is 0.491 e. The average molecular weight is 442 g/mol. The van der Waals surface area contributed by atoms with E-state index in [0.717, 1.165) is 52.3 Å². The van der Waals surface area contributed by atoms with Crippen LogP contribution in [0.5, 0.6) is 17.2 Å². The fraction of sp³-hybridized carbons (Fsp3) is 0.269. The van der Waals surface area contributed by atoms with Crippen LogP contribution in [0.25, 0.3) is 10.9 Å². The third-order valence-electron chi connectivity index (χ3n) is 5.78. The van der Waals surface area contributed by atoms with Gasteiger partial charge in [0.15, 0.2) is 0 Å². The topological polar surface area (TPSA) is 81.2 Å². The first-order valence-corrected chi connectivity index (χ1v) is 11.2. The molecule has 168 valence electrons. The normalized spacial score (nSPS) is 15.5. The maximum absolute atomic E-state index is 6.19. The van der Waals surface area contributed by atoms with Crippen LogP contribution in [0.15, 0.2) is 61.1 Å². The molecule has 0 bridgehead atoms. The molecule has 1 atom stereocenters. The molecule has 7 heteroatoms. The number of hydrogen-bond acceptors (Lipinski definition) is 7. The first kappa shape index (κ1) is 21.2. The van der Waals surface area contributed by atoms with E-state index in [2.05, 4.69) is 25.6 Å². The van der Waals surface area contributed by atoms with E-state index >= 15 is 0 Å². The van der Waals surface area contributed by atoms with Crippen LogP contribution in [0.1, 0.15) is 24.1 Å². The number of pyridine rings is 1. The van der Waals surface area contributed by atoms with Gasteiger partial charge in [-0.25, -0.2) is 9.97 Å². The second kappa shape index (κ2) is 9.42. The van der Waals surface area contributed by atoms with Gasteiger partial charge in [-0.15, -0.1) is 0 Å². The number of ether oxygens (including phenoxy) is 2. The molecule has 2 aromatic carbocycles. The minimum atomic E-state index is 0.389. The van der Waals surface area contributed by atoms with Crippen molar-refractivity contribution in [3.63, 3.8) is 0 Å². The Morgan fingerprint density at radius 1 is 1.03 bits per heavy atom. The monoisotopic (exact) mass is 441 g/mol. The lowest BCUT2D eigenvalue weighted by Crippen LogP contribution is -2.28. The fourth-order valence-electron chi connectivity index (χ4n) is 4.00. The summed E-state index contributed by atoms with van der Waals surface area (Å²) in [5.41, 5.74) is 3.71. The number of benzene rings is 2. The fourth-order valence-corrected chi connectivity index (χ4v) is 4.00. The van der Waals surface area contributed by atoms with Crippen molar-refractivity contribution in [2.45, 2.75) is 32.7 Å². The van der Waals surface area contributed by atoms with Crippen molar-refractivity contribution in [3.05, 3.63) is 72.3 Å². The van der Waals surface area contributed by atoms with Gasteiger partial charge in [-0.3, -0.25) is 4.98 Å². The van der Waals surface area contributed by atoms with E-state index in [-0.39, 0.29) is 0 Å². The molecule has 1 aliphatic rings. The third-order valence-corrected chi connectivity index (χ3v) is 5.78. The first-order chi connectivity index (χ1) is 16.2. The Kier molecular flexibility index (Phi) is 6.04. The Balaban J connectivity index is 1.38. The SMILES string of the molecule is Cc1ccc(Oc2ccc(Nc3ncnc4cccc(OC[C@H]5CCCN5)c34)cc2C)cn1. The molecule has 0 saturated carbocycles. The number of fused-ring (bicyclic) bond motifs is 1. The highest BCUT2D eigenvalue weighted by atomic mass is 16.5. The Bertz CT molecular complexity index is 1250. The van der Waals surface area contributed by atoms with Gasteiger partial charge >= 0.3 is 0 Å². The lowest BCUT2D eigenvalue weighted by Gasteiger charge is -2.16. The standard InChI is InChI=1S/C26H27N5O2/c1-17-13-19(9-11-23(17)33-21-10-8-18(2)28-14-21)31-26-25-22(29-16-30-26)6-3-7-24(25)32-15-20-5-4-12-27-20/h3,6-11,13-14,16,20,27H,4-5,12,15H2,1-2H3,(H,29,30,31)/t20-/m1/s1. The summed E-state index contributed by atoms with van der Waals surface area (Å²) in [6.45, 7) is 5.66. The molecule has 1 aliphatic heterocycles. The molecule has 2 aromatic heterocycles. The summed E-state index contributed by atoms with van der Waals surface area (Å²) in [7, 11) is 0. The summed E-state index contributed by atoms with van der Waals surface area (Å²) in [6, 6.07) is 16.1. The molecule has 1 fully saturated rings. The van der Waals surface area contributed by atoms with E-state index < -0.39 is 0 Å². The maximum atomic E-state index is 6.19. The molecule has 0 unspecified atom stereocenters. The van der Waals surface area contributed by atoms with Gasteiger partial charge in [0.25, 0.3) is 0 Å². The van der Waals surface area contributed by atoms with E-state index in [4.69, 9.17) is 9.47 Å². The third kappa shape index (κ3) is 4.88. The molecule has 33 heavy (non-hydrogen) atoms. The van der Waals surface area contributed by atoms with E-state index in [1.165, 1.54) is 6.42 Å². The second-order valence-electron chi connectivity index (χ2n) is 8.32. The number of nitrogens with one attached hydrogen (secondary N) is 2. The van der Waals surface area contributed by atoms with Crippen molar-refractivity contribution in [3.8, 4) is 17.2 Å². The molecule has 4 aromatic rings. The zero-order valence-electron chi connectivity index (χ0n) is 18.8. The minimum absolute atomic E-state index is 0.389. The van der Waals surface area contributed by atoms with Gasteiger partial charge < -0.3 is 20.1 Å². The van der Waals surface area contributed by atoms with E-state index in [9.17, 15) is 0 Å². The van der Waals surface area contributed by atoms with Crippen LogP contribution >= 0.6 is 0 Å². The average Bonchev–Trinajstić information content (AvgIpc) is 3.35. The van der Waals surface area contributed by atoms with Crippen LogP contribution in [0.3, 0.4) is 0 Å². The second-order valence-corrected chi connectivity index (χ2v) is 8.32. The van der Waals surface area contributed by atoms with Gasteiger partial charge in [0.2, 0.25) is 0 Å². The summed E-state index contributed by atoms with van der Waals surface area (Å²) in [6.07, 6.45) is 5.63. The molecule has 0 spiro atoms. The predicted molar refractivity (Wildman–Crippen MR) is 130 cm³/mol. The van der Waals surface area contributed by atoms with Crippen LogP contribution in [0.4, 0.5) is 11.5 Å². The van der Waals surface area contributed by atoms with Crippen molar-refractivity contribution >= 4 is 22.4 Å². The van der Waals surface area contributed by atoms with Crippen LogP contribution < -0.4 is 20.1 Å². The number of aromatic nitrogens is 3. The number of nitrogens with zero attached hydrogens (tertiary/aromatic N) is 3.